The fourth-order valence-electron chi connectivity index (χ4n) is 2.73. The second-order valence-corrected chi connectivity index (χ2v) is 9.06. The third-order valence-electron chi connectivity index (χ3n) is 4.27. The highest BCUT2D eigenvalue weighted by molar-refractivity contribution is 7.93. The lowest BCUT2D eigenvalue weighted by Crippen LogP contribution is -2.27. The number of nitrogens with one attached hydrogen (secondary N) is 1. The first-order valence-electron chi connectivity index (χ1n) is 8.17. The van der Waals surface area contributed by atoms with Gasteiger partial charge in [-0.3, -0.25) is 9.10 Å². The zero-order valence-electron chi connectivity index (χ0n) is 15.4. The maximum absolute atomic E-state index is 13.1. The van der Waals surface area contributed by atoms with Crippen molar-refractivity contribution in [2.24, 2.45) is 0 Å². The van der Waals surface area contributed by atoms with E-state index in [1.54, 1.807) is 43.4 Å². The van der Waals surface area contributed by atoms with Crippen molar-refractivity contribution in [3.63, 3.8) is 0 Å². The van der Waals surface area contributed by atoms with Crippen molar-refractivity contribution in [1.82, 2.24) is 5.32 Å². The molecular formula is C19H20N2O4S2. The summed E-state index contributed by atoms with van der Waals surface area (Å²) in [6, 6.07) is 12.1. The largest absolute Gasteiger partial charge is 0.495 e. The number of sulfonamides is 1. The summed E-state index contributed by atoms with van der Waals surface area (Å²) in [5.74, 6) is 0.134. The molecule has 1 heterocycles. The number of carbonyl (C=O) groups is 1. The fourth-order valence-corrected chi connectivity index (χ4v) is 5.15. The number of amides is 1. The lowest BCUT2D eigenvalue weighted by atomic mass is 10.2. The number of thiophene rings is 1. The molecule has 0 saturated carbocycles. The van der Waals surface area contributed by atoms with E-state index in [9.17, 15) is 13.2 Å². The van der Waals surface area contributed by atoms with Crippen LogP contribution in [0.4, 0.5) is 5.69 Å². The van der Waals surface area contributed by atoms with Gasteiger partial charge in [-0.05, 0) is 54.3 Å². The Hall–Kier alpha value is -2.58. The third kappa shape index (κ3) is 3.50. The molecule has 2 aromatic carbocycles. The molecule has 1 N–H and O–H groups in total. The second kappa shape index (κ2) is 7.21. The van der Waals surface area contributed by atoms with Gasteiger partial charge >= 0.3 is 0 Å². The molecule has 142 valence electrons. The molecule has 3 aromatic rings. The molecule has 0 aliphatic rings. The molecule has 0 fully saturated rings. The Morgan fingerprint density at radius 1 is 1.15 bits per heavy atom. The van der Waals surface area contributed by atoms with Gasteiger partial charge in [0.1, 0.15) is 10.6 Å². The molecule has 3 rings (SSSR count). The first-order chi connectivity index (χ1) is 12.8. The molecule has 1 aromatic heterocycles. The summed E-state index contributed by atoms with van der Waals surface area (Å²) in [5.41, 5.74) is 1.33. The van der Waals surface area contributed by atoms with Crippen LogP contribution in [0.3, 0.4) is 0 Å². The number of nitrogens with zero attached hydrogens (tertiary/aromatic N) is 1. The Labute approximate surface area is 162 Å². The van der Waals surface area contributed by atoms with Crippen molar-refractivity contribution in [2.45, 2.75) is 11.8 Å². The van der Waals surface area contributed by atoms with E-state index in [-0.39, 0.29) is 10.8 Å². The number of ether oxygens (including phenoxy) is 1. The number of carbonyl (C=O) groups excluding carboxylic acids is 1. The van der Waals surface area contributed by atoms with Crippen LogP contribution in [0.15, 0.2) is 47.4 Å². The summed E-state index contributed by atoms with van der Waals surface area (Å²) in [5, 5.41) is 3.41. The average Bonchev–Trinajstić information content (AvgIpc) is 3.09. The first kappa shape index (κ1) is 19.2. The smallest absolute Gasteiger partial charge is 0.267 e. The van der Waals surface area contributed by atoms with Gasteiger partial charge in [0.2, 0.25) is 0 Å². The van der Waals surface area contributed by atoms with E-state index in [2.05, 4.69) is 5.32 Å². The number of methoxy groups -OCH3 is 1. The van der Waals surface area contributed by atoms with E-state index in [0.29, 0.717) is 16.3 Å². The van der Waals surface area contributed by atoms with Crippen molar-refractivity contribution in [3.05, 3.63) is 52.9 Å². The zero-order valence-corrected chi connectivity index (χ0v) is 17.1. The van der Waals surface area contributed by atoms with Gasteiger partial charge in [-0.25, -0.2) is 8.42 Å². The standard InChI is InChI=1S/C19H20N2O4S2/c1-12-5-7-15(25-4)18(9-12)27(23,24)21(3)14-6-8-16-13(10-14)11-17(26-16)19(22)20-2/h5-11H,1-4H3,(H,20,22). The summed E-state index contributed by atoms with van der Waals surface area (Å²) < 4.78 is 33.7. The molecule has 0 spiro atoms. The van der Waals surface area contributed by atoms with E-state index in [0.717, 1.165) is 15.6 Å². The van der Waals surface area contributed by atoms with Gasteiger partial charge in [-0.2, -0.15) is 0 Å². The number of rotatable bonds is 5. The number of benzene rings is 2. The Kier molecular flexibility index (Phi) is 5.12. The van der Waals surface area contributed by atoms with Crippen LogP contribution < -0.4 is 14.4 Å². The van der Waals surface area contributed by atoms with E-state index in [1.807, 2.05) is 13.0 Å². The summed E-state index contributed by atoms with van der Waals surface area (Å²) >= 11 is 1.36. The van der Waals surface area contributed by atoms with E-state index < -0.39 is 10.0 Å². The maximum atomic E-state index is 13.1. The minimum absolute atomic E-state index is 0.115. The minimum Gasteiger partial charge on any atom is -0.495 e. The Bertz CT molecular complexity index is 1120. The van der Waals surface area contributed by atoms with Gasteiger partial charge in [0, 0.05) is 18.8 Å². The number of fused-ring (bicyclic) bond motifs is 1. The van der Waals surface area contributed by atoms with Crippen molar-refractivity contribution >= 4 is 43.0 Å². The van der Waals surface area contributed by atoms with Crippen LogP contribution >= 0.6 is 11.3 Å². The average molecular weight is 405 g/mol. The second-order valence-electron chi connectivity index (χ2n) is 6.04. The molecule has 8 heteroatoms. The first-order valence-corrected chi connectivity index (χ1v) is 10.4. The van der Waals surface area contributed by atoms with Crippen molar-refractivity contribution in [1.29, 1.82) is 0 Å². The van der Waals surface area contributed by atoms with Crippen LogP contribution in [0, 0.1) is 6.92 Å². The number of aryl methyl sites for hydroxylation is 1. The summed E-state index contributed by atoms with van der Waals surface area (Å²) in [6.45, 7) is 1.83. The molecule has 0 bridgehead atoms. The molecule has 27 heavy (non-hydrogen) atoms. The van der Waals surface area contributed by atoms with Crippen LogP contribution in [0.1, 0.15) is 15.2 Å². The van der Waals surface area contributed by atoms with E-state index in [1.165, 1.54) is 29.8 Å². The van der Waals surface area contributed by atoms with Gasteiger partial charge in [-0.15, -0.1) is 11.3 Å². The number of hydrogen-bond donors (Lipinski definition) is 1. The highest BCUT2D eigenvalue weighted by Crippen LogP contribution is 2.33. The Morgan fingerprint density at radius 2 is 1.89 bits per heavy atom. The van der Waals surface area contributed by atoms with E-state index in [4.69, 9.17) is 4.74 Å². The fraction of sp³-hybridized carbons (Fsp3) is 0.211. The van der Waals surface area contributed by atoms with Crippen molar-refractivity contribution < 1.29 is 17.9 Å². The summed E-state index contributed by atoms with van der Waals surface area (Å²) in [6.07, 6.45) is 0. The van der Waals surface area contributed by atoms with Crippen LogP contribution in [-0.4, -0.2) is 35.5 Å². The third-order valence-corrected chi connectivity index (χ3v) is 7.19. The molecular weight excluding hydrogens is 384 g/mol. The lowest BCUT2D eigenvalue weighted by molar-refractivity contribution is 0.0967. The van der Waals surface area contributed by atoms with Crippen LogP contribution in [0.5, 0.6) is 5.75 Å². The summed E-state index contributed by atoms with van der Waals surface area (Å²) in [4.78, 5) is 12.5. The molecule has 1 amide bonds. The monoisotopic (exact) mass is 404 g/mol. The van der Waals surface area contributed by atoms with Crippen molar-refractivity contribution in [2.75, 3.05) is 25.5 Å². The lowest BCUT2D eigenvalue weighted by Gasteiger charge is -2.21. The van der Waals surface area contributed by atoms with E-state index >= 15 is 0 Å². The number of anilines is 1. The quantitative estimate of drug-likeness (QED) is 0.707. The van der Waals surface area contributed by atoms with Crippen LogP contribution in [0.2, 0.25) is 0 Å². The maximum Gasteiger partial charge on any atom is 0.267 e. The van der Waals surface area contributed by atoms with Gasteiger partial charge in [-0.1, -0.05) is 6.07 Å². The molecule has 6 nitrogen and oxygen atoms in total. The molecule has 0 saturated heterocycles. The SMILES string of the molecule is CNC(=O)c1cc2cc(N(C)S(=O)(=O)c3cc(C)ccc3OC)ccc2s1. The zero-order chi connectivity index (χ0) is 19.8. The summed E-state index contributed by atoms with van der Waals surface area (Å²) in [7, 11) is 0.720. The Balaban J connectivity index is 2.05. The minimum atomic E-state index is -3.81. The normalized spacial score (nSPS) is 11.4. The highest BCUT2D eigenvalue weighted by Gasteiger charge is 2.26. The number of hydrogen-bond acceptors (Lipinski definition) is 5. The molecule has 0 aliphatic carbocycles. The van der Waals surface area contributed by atoms with Gasteiger partial charge in [0.05, 0.1) is 17.7 Å². The van der Waals surface area contributed by atoms with Gasteiger partial charge in [0.25, 0.3) is 15.9 Å². The highest BCUT2D eigenvalue weighted by atomic mass is 32.2. The molecule has 0 radical (unpaired) electrons. The Morgan fingerprint density at radius 3 is 2.56 bits per heavy atom. The van der Waals surface area contributed by atoms with Crippen LogP contribution in [0.25, 0.3) is 10.1 Å². The van der Waals surface area contributed by atoms with Gasteiger partial charge < -0.3 is 10.1 Å². The van der Waals surface area contributed by atoms with Crippen molar-refractivity contribution in [3.8, 4) is 5.75 Å². The molecule has 0 aliphatic heterocycles. The van der Waals surface area contributed by atoms with Gasteiger partial charge in [0.15, 0.2) is 0 Å². The molecule has 0 unspecified atom stereocenters. The predicted molar refractivity (Wildman–Crippen MR) is 109 cm³/mol. The molecule has 0 atom stereocenters. The van der Waals surface area contributed by atoms with Crippen LogP contribution in [-0.2, 0) is 10.0 Å². The topological polar surface area (TPSA) is 75.7 Å². The predicted octanol–water partition coefficient (Wildman–Crippen LogP) is 3.40.